The first-order valence-electron chi connectivity index (χ1n) is 10.3. The number of benzene rings is 1. The van der Waals surface area contributed by atoms with Crippen LogP contribution in [0.25, 0.3) is 5.52 Å². The zero-order valence-corrected chi connectivity index (χ0v) is 17.5. The molecule has 0 aliphatic carbocycles. The highest BCUT2D eigenvalue weighted by Crippen LogP contribution is 2.23. The standard InChI is InChI=1S/C22H21N9O/c1-15-13-19(27-26-15)24-20-18-7-4-8-31(18)28-22(25-20)30-11-9-29(10-12-30)21(32)17-6-3-2-5-16(17)14-23/h2-8,13H,9-12H2,1H3,(H2,24,25,26,27,28). The molecule has 10 nitrogen and oxygen atoms in total. The van der Waals surface area contributed by atoms with E-state index in [4.69, 9.17) is 4.98 Å². The van der Waals surface area contributed by atoms with Gasteiger partial charge in [0.15, 0.2) is 11.6 Å². The van der Waals surface area contributed by atoms with Gasteiger partial charge in [-0.25, -0.2) is 4.52 Å². The van der Waals surface area contributed by atoms with Crippen LogP contribution in [-0.2, 0) is 0 Å². The lowest BCUT2D eigenvalue weighted by molar-refractivity contribution is 0.0746. The summed E-state index contributed by atoms with van der Waals surface area (Å²) in [7, 11) is 0. The third kappa shape index (κ3) is 3.60. The minimum Gasteiger partial charge on any atom is -0.336 e. The summed E-state index contributed by atoms with van der Waals surface area (Å²) >= 11 is 0. The van der Waals surface area contributed by atoms with Gasteiger partial charge < -0.3 is 15.1 Å². The summed E-state index contributed by atoms with van der Waals surface area (Å²) in [4.78, 5) is 21.5. The molecule has 0 spiro atoms. The summed E-state index contributed by atoms with van der Waals surface area (Å²) in [6.07, 6.45) is 1.88. The lowest BCUT2D eigenvalue weighted by Crippen LogP contribution is -2.49. The van der Waals surface area contributed by atoms with Gasteiger partial charge in [-0.05, 0) is 31.2 Å². The number of piperazine rings is 1. The molecule has 1 aliphatic rings. The Kier molecular flexibility index (Phi) is 4.91. The average molecular weight is 427 g/mol. The van der Waals surface area contributed by atoms with Crippen LogP contribution in [0.2, 0.25) is 0 Å². The fourth-order valence-corrected chi connectivity index (χ4v) is 3.80. The third-order valence-corrected chi connectivity index (χ3v) is 5.46. The third-order valence-electron chi connectivity index (χ3n) is 5.46. The number of nitriles is 1. The van der Waals surface area contributed by atoms with Crippen molar-refractivity contribution in [3.8, 4) is 6.07 Å². The molecule has 2 N–H and O–H groups in total. The molecule has 4 aromatic rings. The molecule has 1 fully saturated rings. The normalized spacial score (nSPS) is 13.9. The first kappa shape index (κ1) is 19.6. The zero-order chi connectivity index (χ0) is 22.1. The van der Waals surface area contributed by atoms with Crippen molar-refractivity contribution < 1.29 is 4.79 Å². The highest BCUT2D eigenvalue weighted by Gasteiger charge is 2.25. The maximum atomic E-state index is 12.9. The molecule has 10 heteroatoms. The van der Waals surface area contributed by atoms with Gasteiger partial charge in [-0.1, -0.05) is 12.1 Å². The maximum absolute atomic E-state index is 12.9. The molecule has 1 aromatic carbocycles. The van der Waals surface area contributed by atoms with Crippen molar-refractivity contribution in [2.75, 3.05) is 36.4 Å². The quantitative estimate of drug-likeness (QED) is 0.513. The molecule has 5 rings (SSSR count). The second-order valence-electron chi connectivity index (χ2n) is 7.60. The predicted molar refractivity (Wildman–Crippen MR) is 119 cm³/mol. The highest BCUT2D eigenvalue weighted by molar-refractivity contribution is 5.96. The fraction of sp³-hybridized carbons (Fsp3) is 0.227. The molecule has 1 amide bonds. The first-order valence-corrected chi connectivity index (χ1v) is 10.3. The summed E-state index contributed by atoms with van der Waals surface area (Å²) in [6, 6.07) is 14.8. The Labute approximate surface area is 184 Å². The number of rotatable bonds is 4. The Morgan fingerprint density at radius 2 is 1.97 bits per heavy atom. The number of nitrogens with one attached hydrogen (secondary N) is 2. The molecule has 3 aromatic heterocycles. The largest absolute Gasteiger partial charge is 0.336 e. The van der Waals surface area contributed by atoms with Gasteiger partial charge >= 0.3 is 0 Å². The van der Waals surface area contributed by atoms with E-state index in [1.165, 1.54) is 0 Å². The molecule has 0 bridgehead atoms. The van der Waals surface area contributed by atoms with E-state index >= 15 is 0 Å². The summed E-state index contributed by atoms with van der Waals surface area (Å²) < 4.78 is 1.78. The molecule has 0 radical (unpaired) electrons. The molecule has 0 atom stereocenters. The summed E-state index contributed by atoms with van der Waals surface area (Å²) in [5, 5.41) is 24.3. The number of aromatic amines is 1. The first-order chi connectivity index (χ1) is 15.6. The molecular weight excluding hydrogens is 406 g/mol. The van der Waals surface area contributed by atoms with E-state index < -0.39 is 0 Å². The van der Waals surface area contributed by atoms with E-state index in [1.807, 2.05) is 31.3 Å². The molecule has 0 saturated carbocycles. The van der Waals surface area contributed by atoms with Crippen molar-refractivity contribution in [2.24, 2.45) is 0 Å². The van der Waals surface area contributed by atoms with Gasteiger partial charge in [-0.2, -0.15) is 15.3 Å². The van der Waals surface area contributed by atoms with Crippen LogP contribution < -0.4 is 10.2 Å². The van der Waals surface area contributed by atoms with E-state index in [9.17, 15) is 10.1 Å². The molecular formula is C22H21N9O. The second-order valence-corrected chi connectivity index (χ2v) is 7.60. The molecule has 1 saturated heterocycles. The maximum Gasteiger partial charge on any atom is 0.255 e. The van der Waals surface area contributed by atoms with Gasteiger partial charge in [0.05, 0.1) is 17.2 Å². The highest BCUT2D eigenvalue weighted by atomic mass is 16.2. The fourth-order valence-electron chi connectivity index (χ4n) is 3.80. The Morgan fingerprint density at radius 1 is 1.16 bits per heavy atom. The number of aromatic nitrogens is 5. The van der Waals surface area contributed by atoms with E-state index in [0.29, 0.717) is 54.9 Å². The topological polar surface area (TPSA) is 118 Å². The summed E-state index contributed by atoms with van der Waals surface area (Å²) in [5.41, 5.74) is 2.63. The minimum absolute atomic E-state index is 0.125. The number of carbonyl (C=O) groups is 1. The van der Waals surface area contributed by atoms with Gasteiger partial charge in [0.25, 0.3) is 5.91 Å². The molecule has 32 heavy (non-hydrogen) atoms. The number of nitrogens with zero attached hydrogens (tertiary/aromatic N) is 7. The SMILES string of the molecule is Cc1cc(Nc2nc(N3CCN(C(=O)c4ccccc4C#N)CC3)nn3cccc23)n[nH]1. The average Bonchev–Trinajstić information content (AvgIpc) is 3.47. The minimum atomic E-state index is -0.125. The van der Waals surface area contributed by atoms with Gasteiger partial charge in [-0.15, -0.1) is 5.10 Å². The Morgan fingerprint density at radius 3 is 2.72 bits per heavy atom. The van der Waals surface area contributed by atoms with Crippen LogP contribution in [0.5, 0.6) is 0 Å². The van der Waals surface area contributed by atoms with Crippen molar-refractivity contribution in [1.29, 1.82) is 5.26 Å². The summed E-state index contributed by atoms with van der Waals surface area (Å²) in [5.74, 6) is 1.79. The van der Waals surface area contributed by atoms with Crippen LogP contribution in [0.4, 0.5) is 17.6 Å². The van der Waals surface area contributed by atoms with Crippen LogP contribution in [0.15, 0.2) is 48.7 Å². The summed E-state index contributed by atoms with van der Waals surface area (Å²) in [6.45, 7) is 4.16. The van der Waals surface area contributed by atoms with Gasteiger partial charge in [-0.3, -0.25) is 9.89 Å². The molecule has 1 aliphatic heterocycles. The monoisotopic (exact) mass is 427 g/mol. The second kappa shape index (κ2) is 8.03. The Hall–Kier alpha value is -4.39. The molecule has 160 valence electrons. The Bertz CT molecular complexity index is 1320. The van der Waals surface area contributed by atoms with E-state index in [0.717, 1.165) is 11.2 Å². The number of aryl methyl sites for hydroxylation is 1. The zero-order valence-electron chi connectivity index (χ0n) is 17.5. The van der Waals surface area contributed by atoms with Crippen LogP contribution in [0, 0.1) is 18.3 Å². The van der Waals surface area contributed by atoms with E-state index in [2.05, 4.69) is 31.6 Å². The lowest BCUT2D eigenvalue weighted by Gasteiger charge is -2.35. The van der Waals surface area contributed by atoms with E-state index in [-0.39, 0.29) is 5.91 Å². The number of hydrogen-bond donors (Lipinski definition) is 2. The number of carbonyl (C=O) groups excluding carboxylic acids is 1. The van der Waals surface area contributed by atoms with Crippen molar-refractivity contribution in [2.45, 2.75) is 6.92 Å². The Balaban J connectivity index is 1.35. The number of anilines is 3. The van der Waals surface area contributed by atoms with Gasteiger partial charge in [0, 0.05) is 44.1 Å². The van der Waals surface area contributed by atoms with Crippen molar-refractivity contribution in [3.63, 3.8) is 0 Å². The van der Waals surface area contributed by atoms with E-state index in [1.54, 1.807) is 33.7 Å². The number of fused-ring (bicyclic) bond motifs is 1. The van der Waals surface area contributed by atoms with Crippen LogP contribution >= 0.6 is 0 Å². The van der Waals surface area contributed by atoms with Crippen LogP contribution in [0.1, 0.15) is 21.6 Å². The van der Waals surface area contributed by atoms with Crippen molar-refractivity contribution in [1.82, 2.24) is 29.7 Å². The lowest BCUT2D eigenvalue weighted by atomic mass is 10.1. The van der Waals surface area contributed by atoms with Crippen molar-refractivity contribution in [3.05, 3.63) is 65.5 Å². The van der Waals surface area contributed by atoms with Crippen LogP contribution in [-0.4, -0.2) is 61.8 Å². The van der Waals surface area contributed by atoms with Crippen LogP contribution in [0.3, 0.4) is 0 Å². The smallest absolute Gasteiger partial charge is 0.255 e. The molecule has 0 unspecified atom stereocenters. The number of H-pyrrole nitrogens is 1. The van der Waals surface area contributed by atoms with Crippen molar-refractivity contribution >= 4 is 29.0 Å². The number of amides is 1. The van der Waals surface area contributed by atoms with Gasteiger partial charge in [0.2, 0.25) is 5.95 Å². The predicted octanol–water partition coefficient (Wildman–Crippen LogP) is 2.34. The molecule has 4 heterocycles. The number of hydrogen-bond acceptors (Lipinski definition) is 7. The van der Waals surface area contributed by atoms with Gasteiger partial charge in [0.1, 0.15) is 5.52 Å².